The molecule has 3 aromatic rings. The Kier molecular flexibility index (Phi) is 6.23. The average Bonchev–Trinajstić information content (AvgIpc) is 3.09. The van der Waals surface area contributed by atoms with E-state index in [1.165, 1.54) is 14.2 Å². The molecule has 0 fully saturated rings. The summed E-state index contributed by atoms with van der Waals surface area (Å²) in [5.74, 6) is -1.32. The Bertz CT molecular complexity index is 1190. The highest BCUT2D eigenvalue weighted by Crippen LogP contribution is 2.36. The fourth-order valence-corrected chi connectivity index (χ4v) is 5.78. The molecule has 0 aliphatic carbocycles. The number of esters is 1. The van der Waals surface area contributed by atoms with E-state index < -0.39 is 28.4 Å². The molecule has 1 amide bonds. The van der Waals surface area contributed by atoms with Crippen molar-refractivity contribution in [1.82, 2.24) is 4.31 Å². The van der Waals surface area contributed by atoms with E-state index in [4.69, 9.17) is 16.3 Å². The number of benzene rings is 2. The first kappa shape index (κ1) is 21.3. The fourth-order valence-electron chi connectivity index (χ4n) is 2.70. The summed E-state index contributed by atoms with van der Waals surface area (Å²) in [5, 5.41) is 3.31. The number of thiophene rings is 1. The van der Waals surface area contributed by atoms with Gasteiger partial charge in [0.15, 0.2) is 0 Å². The van der Waals surface area contributed by atoms with Crippen LogP contribution in [0.15, 0.2) is 53.4 Å². The van der Waals surface area contributed by atoms with Gasteiger partial charge >= 0.3 is 5.97 Å². The van der Waals surface area contributed by atoms with E-state index >= 15 is 0 Å². The largest absolute Gasteiger partial charge is 0.465 e. The van der Waals surface area contributed by atoms with Crippen molar-refractivity contribution in [2.75, 3.05) is 26.0 Å². The highest BCUT2D eigenvalue weighted by atomic mass is 35.5. The van der Waals surface area contributed by atoms with Crippen molar-refractivity contribution < 1.29 is 22.7 Å². The fraction of sp³-hybridized carbons (Fsp3) is 0.158. The molecule has 0 saturated carbocycles. The second kappa shape index (κ2) is 8.50. The number of para-hydroxylation sites is 1. The van der Waals surface area contributed by atoms with Gasteiger partial charge in [-0.05, 0) is 18.2 Å². The first-order valence-electron chi connectivity index (χ1n) is 8.36. The van der Waals surface area contributed by atoms with Crippen LogP contribution in [0.1, 0.15) is 9.67 Å². The number of carbonyl (C=O) groups is 2. The Morgan fingerprint density at radius 2 is 1.79 bits per heavy atom. The van der Waals surface area contributed by atoms with Gasteiger partial charge in [0, 0.05) is 17.1 Å². The molecule has 1 N–H and O–H groups in total. The molecule has 3 rings (SSSR count). The van der Waals surface area contributed by atoms with E-state index in [0.29, 0.717) is 20.8 Å². The number of hydrogen-bond acceptors (Lipinski definition) is 6. The summed E-state index contributed by atoms with van der Waals surface area (Å²) < 4.78 is 32.7. The quantitative estimate of drug-likeness (QED) is 0.577. The highest BCUT2D eigenvalue weighted by Gasteiger charge is 2.32. The van der Waals surface area contributed by atoms with Crippen LogP contribution in [0.5, 0.6) is 0 Å². The minimum atomic E-state index is -4.16. The van der Waals surface area contributed by atoms with Gasteiger partial charge in [-0.3, -0.25) is 4.79 Å². The lowest BCUT2D eigenvalue weighted by molar-refractivity contribution is -0.116. The Morgan fingerprint density at radius 1 is 1.14 bits per heavy atom. The molecule has 0 unspecified atom stereocenters. The first-order chi connectivity index (χ1) is 13.8. The predicted molar refractivity (Wildman–Crippen MR) is 113 cm³/mol. The second-order valence-corrected chi connectivity index (χ2v) is 9.48. The van der Waals surface area contributed by atoms with E-state index in [2.05, 4.69) is 5.32 Å². The van der Waals surface area contributed by atoms with Crippen molar-refractivity contribution in [2.45, 2.75) is 4.90 Å². The number of rotatable bonds is 6. The first-order valence-corrected chi connectivity index (χ1v) is 11.0. The van der Waals surface area contributed by atoms with E-state index in [1.807, 2.05) is 0 Å². The number of fused-ring (bicyclic) bond motifs is 1. The smallest absolute Gasteiger partial charge is 0.349 e. The van der Waals surface area contributed by atoms with Gasteiger partial charge in [0.25, 0.3) is 0 Å². The number of hydrogen-bond donors (Lipinski definition) is 1. The Hall–Kier alpha value is -2.46. The van der Waals surface area contributed by atoms with E-state index in [1.54, 1.807) is 48.5 Å². The van der Waals surface area contributed by atoms with Crippen molar-refractivity contribution in [1.29, 1.82) is 0 Å². The summed E-state index contributed by atoms with van der Waals surface area (Å²) in [6.45, 7) is -0.460. The maximum atomic E-state index is 13.2. The van der Waals surface area contributed by atoms with Crippen LogP contribution >= 0.6 is 22.9 Å². The molecule has 0 aliphatic heterocycles. The van der Waals surface area contributed by atoms with Crippen LogP contribution < -0.4 is 5.32 Å². The van der Waals surface area contributed by atoms with Crippen LogP contribution in [0.3, 0.4) is 0 Å². The van der Waals surface area contributed by atoms with Crippen LogP contribution in [-0.4, -0.2) is 45.3 Å². The van der Waals surface area contributed by atoms with E-state index in [-0.39, 0.29) is 9.77 Å². The standard InChI is InChI=1S/C19H17ClN2O5S2/c1-22(11-16(23)21-14-9-5-4-8-13(14)20)29(25,26)18-12-7-3-6-10-15(12)28-17(18)19(24)27-2/h3-10H,11H2,1-2H3,(H,21,23). The summed E-state index contributed by atoms with van der Waals surface area (Å²) in [6, 6.07) is 13.4. The number of methoxy groups -OCH3 is 1. The molecule has 0 atom stereocenters. The molecule has 7 nitrogen and oxygen atoms in total. The zero-order valence-corrected chi connectivity index (χ0v) is 17.9. The molecule has 29 heavy (non-hydrogen) atoms. The topological polar surface area (TPSA) is 92.8 Å². The van der Waals surface area contributed by atoms with E-state index in [9.17, 15) is 18.0 Å². The zero-order valence-electron chi connectivity index (χ0n) is 15.5. The van der Waals surface area contributed by atoms with Gasteiger partial charge in [-0.15, -0.1) is 11.3 Å². The molecular formula is C19H17ClN2O5S2. The number of anilines is 1. The Morgan fingerprint density at radius 3 is 2.48 bits per heavy atom. The summed E-state index contributed by atoms with van der Waals surface area (Å²) in [4.78, 5) is 24.3. The number of amides is 1. The van der Waals surface area contributed by atoms with Gasteiger partial charge in [-0.25, -0.2) is 13.2 Å². The predicted octanol–water partition coefficient (Wildman–Crippen LogP) is 3.60. The van der Waals surface area contributed by atoms with Crippen molar-refractivity contribution in [3.05, 3.63) is 58.4 Å². The summed E-state index contributed by atoms with van der Waals surface area (Å²) in [7, 11) is -1.70. The molecule has 1 aromatic heterocycles. The molecule has 0 saturated heterocycles. The molecule has 152 valence electrons. The van der Waals surface area contributed by atoms with Gasteiger partial charge in [-0.2, -0.15) is 4.31 Å². The monoisotopic (exact) mass is 452 g/mol. The van der Waals surface area contributed by atoms with Gasteiger partial charge in [0.1, 0.15) is 9.77 Å². The Balaban J connectivity index is 1.93. The number of nitrogens with one attached hydrogen (secondary N) is 1. The third-order valence-electron chi connectivity index (χ3n) is 4.10. The third-order valence-corrected chi connectivity index (χ3v) is 7.60. The van der Waals surface area contributed by atoms with E-state index in [0.717, 1.165) is 15.6 Å². The zero-order chi connectivity index (χ0) is 21.2. The minimum Gasteiger partial charge on any atom is -0.465 e. The number of sulfonamides is 1. The second-order valence-electron chi connectivity index (χ2n) is 6.04. The number of nitrogens with zero attached hydrogens (tertiary/aromatic N) is 1. The van der Waals surface area contributed by atoms with Crippen LogP contribution in [0.2, 0.25) is 5.02 Å². The van der Waals surface area contributed by atoms with Crippen LogP contribution in [0, 0.1) is 0 Å². The van der Waals surface area contributed by atoms with Crippen LogP contribution in [0.25, 0.3) is 10.1 Å². The SMILES string of the molecule is COC(=O)c1sc2ccccc2c1S(=O)(=O)N(C)CC(=O)Nc1ccccc1Cl. The van der Waals surface area contributed by atoms with Crippen molar-refractivity contribution >= 4 is 60.6 Å². The molecule has 0 bridgehead atoms. The summed E-state index contributed by atoms with van der Waals surface area (Å²) >= 11 is 7.04. The van der Waals surface area contributed by atoms with Crippen molar-refractivity contribution in [2.24, 2.45) is 0 Å². The lowest BCUT2D eigenvalue weighted by Gasteiger charge is -2.17. The normalized spacial score (nSPS) is 11.6. The van der Waals surface area contributed by atoms with Crippen molar-refractivity contribution in [3.8, 4) is 0 Å². The molecule has 2 aromatic carbocycles. The number of halogens is 1. The molecule has 1 heterocycles. The number of ether oxygens (including phenoxy) is 1. The van der Waals surface area contributed by atoms with Gasteiger partial charge in [-0.1, -0.05) is 41.9 Å². The maximum Gasteiger partial charge on any atom is 0.349 e. The molecular weight excluding hydrogens is 436 g/mol. The lowest BCUT2D eigenvalue weighted by atomic mass is 10.2. The van der Waals surface area contributed by atoms with Crippen LogP contribution in [-0.2, 0) is 19.6 Å². The maximum absolute atomic E-state index is 13.2. The third kappa shape index (κ3) is 4.27. The van der Waals surface area contributed by atoms with Gasteiger partial charge < -0.3 is 10.1 Å². The average molecular weight is 453 g/mol. The summed E-state index contributed by atoms with van der Waals surface area (Å²) in [5.41, 5.74) is 0.376. The van der Waals surface area contributed by atoms with Gasteiger partial charge in [0.2, 0.25) is 15.9 Å². The van der Waals surface area contributed by atoms with Crippen molar-refractivity contribution in [3.63, 3.8) is 0 Å². The Labute approximate surface area is 176 Å². The summed E-state index contributed by atoms with van der Waals surface area (Å²) in [6.07, 6.45) is 0. The molecule has 0 aliphatic rings. The molecule has 0 spiro atoms. The van der Waals surface area contributed by atoms with Gasteiger partial charge in [0.05, 0.1) is 24.4 Å². The minimum absolute atomic E-state index is 0.0351. The number of likely N-dealkylation sites (N-methyl/N-ethyl adjacent to an activating group) is 1. The molecule has 0 radical (unpaired) electrons. The highest BCUT2D eigenvalue weighted by molar-refractivity contribution is 7.89. The lowest BCUT2D eigenvalue weighted by Crippen LogP contribution is -2.35. The number of carbonyl (C=O) groups excluding carboxylic acids is 2. The van der Waals surface area contributed by atoms with Crippen LogP contribution in [0.4, 0.5) is 5.69 Å². The molecule has 10 heteroatoms.